The average Bonchev–Trinajstić information content (AvgIpc) is 2.44. The third-order valence-corrected chi connectivity index (χ3v) is 4.52. The number of aryl methyl sites for hydroxylation is 2. The second-order valence-electron chi connectivity index (χ2n) is 5.09. The quantitative estimate of drug-likeness (QED) is 0.816. The van der Waals surface area contributed by atoms with E-state index in [1.807, 2.05) is 25.2 Å². The van der Waals surface area contributed by atoms with Gasteiger partial charge >= 0.3 is 0 Å². The molecule has 2 aromatic carbocycles. The van der Waals surface area contributed by atoms with Crippen molar-refractivity contribution in [2.75, 3.05) is 14.2 Å². The van der Waals surface area contributed by atoms with Gasteiger partial charge in [-0.1, -0.05) is 33.6 Å². The van der Waals surface area contributed by atoms with Crippen LogP contribution in [0.2, 0.25) is 5.02 Å². The van der Waals surface area contributed by atoms with E-state index in [-0.39, 0.29) is 6.04 Å². The average molecular weight is 369 g/mol. The van der Waals surface area contributed by atoms with Crippen molar-refractivity contribution in [3.8, 4) is 5.75 Å². The second-order valence-corrected chi connectivity index (χ2v) is 6.38. The van der Waals surface area contributed by atoms with Crippen LogP contribution in [0.3, 0.4) is 0 Å². The third kappa shape index (κ3) is 3.42. The predicted molar refractivity (Wildman–Crippen MR) is 92.5 cm³/mol. The molecule has 0 radical (unpaired) electrons. The maximum Gasteiger partial charge on any atom is 0.124 e. The zero-order chi connectivity index (χ0) is 15.6. The Kier molecular flexibility index (Phi) is 5.31. The van der Waals surface area contributed by atoms with Gasteiger partial charge in [-0.3, -0.25) is 0 Å². The van der Waals surface area contributed by atoms with E-state index in [9.17, 15) is 0 Å². The number of halogens is 2. The van der Waals surface area contributed by atoms with Crippen LogP contribution in [0.1, 0.15) is 28.3 Å². The van der Waals surface area contributed by atoms with Crippen LogP contribution in [0.15, 0.2) is 34.8 Å². The number of rotatable bonds is 4. The van der Waals surface area contributed by atoms with Gasteiger partial charge in [-0.25, -0.2) is 0 Å². The van der Waals surface area contributed by atoms with Crippen LogP contribution < -0.4 is 10.1 Å². The molecule has 0 bridgehead atoms. The monoisotopic (exact) mass is 367 g/mol. The van der Waals surface area contributed by atoms with Gasteiger partial charge in [0.1, 0.15) is 5.75 Å². The van der Waals surface area contributed by atoms with Crippen molar-refractivity contribution < 1.29 is 4.74 Å². The van der Waals surface area contributed by atoms with Crippen molar-refractivity contribution in [3.05, 3.63) is 62.1 Å². The summed E-state index contributed by atoms with van der Waals surface area (Å²) in [6.07, 6.45) is 0. The fourth-order valence-corrected chi connectivity index (χ4v) is 3.33. The number of methoxy groups -OCH3 is 1. The Labute approximate surface area is 139 Å². The Morgan fingerprint density at radius 3 is 2.52 bits per heavy atom. The van der Waals surface area contributed by atoms with Crippen LogP contribution in [-0.2, 0) is 0 Å². The first-order valence-corrected chi connectivity index (χ1v) is 7.92. The summed E-state index contributed by atoms with van der Waals surface area (Å²) >= 11 is 9.78. The first kappa shape index (κ1) is 16.3. The van der Waals surface area contributed by atoms with E-state index in [1.54, 1.807) is 7.11 Å². The largest absolute Gasteiger partial charge is 0.496 e. The number of hydrogen-bond acceptors (Lipinski definition) is 2. The first-order chi connectivity index (χ1) is 9.97. The van der Waals surface area contributed by atoms with Gasteiger partial charge < -0.3 is 10.1 Å². The van der Waals surface area contributed by atoms with E-state index in [2.05, 4.69) is 47.2 Å². The molecule has 1 atom stereocenters. The molecule has 0 saturated carbocycles. The predicted octanol–water partition coefficient (Wildman–Crippen LogP) is 5.04. The summed E-state index contributed by atoms with van der Waals surface area (Å²) in [5.41, 5.74) is 4.61. The van der Waals surface area contributed by atoms with Gasteiger partial charge in [0.25, 0.3) is 0 Å². The molecule has 1 unspecified atom stereocenters. The molecular weight excluding hydrogens is 350 g/mol. The smallest absolute Gasteiger partial charge is 0.124 e. The maximum atomic E-state index is 6.16. The topological polar surface area (TPSA) is 21.3 Å². The molecule has 2 rings (SSSR count). The van der Waals surface area contributed by atoms with Crippen molar-refractivity contribution in [1.29, 1.82) is 0 Å². The van der Waals surface area contributed by atoms with Crippen molar-refractivity contribution in [2.45, 2.75) is 19.9 Å². The van der Waals surface area contributed by atoms with Crippen LogP contribution in [0, 0.1) is 13.8 Å². The standard InChI is InChI=1S/C17H19BrClNO/c1-10-7-11(2)16(15(8-10)21-4)17(20-3)13-9-12(19)5-6-14(13)18/h5-9,17,20H,1-4H3. The molecule has 1 N–H and O–H groups in total. The van der Waals surface area contributed by atoms with Crippen molar-refractivity contribution in [2.24, 2.45) is 0 Å². The summed E-state index contributed by atoms with van der Waals surface area (Å²) < 4.78 is 6.61. The maximum absolute atomic E-state index is 6.16. The van der Waals surface area contributed by atoms with Gasteiger partial charge in [0, 0.05) is 15.1 Å². The summed E-state index contributed by atoms with van der Waals surface area (Å²) in [4.78, 5) is 0. The molecule has 4 heteroatoms. The van der Waals surface area contributed by atoms with Gasteiger partial charge in [0.2, 0.25) is 0 Å². The molecule has 0 aliphatic rings. The van der Waals surface area contributed by atoms with E-state index >= 15 is 0 Å². The van der Waals surface area contributed by atoms with Crippen molar-refractivity contribution in [1.82, 2.24) is 5.32 Å². The van der Waals surface area contributed by atoms with Crippen LogP contribution in [0.4, 0.5) is 0 Å². The number of ether oxygens (including phenoxy) is 1. The normalized spacial score (nSPS) is 12.3. The lowest BCUT2D eigenvalue weighted by Gasteiger charge is -2.24. The minimum Gasteiger partial charge on any atom is -0.496 e. The molecule has 0 aliphatic heterocycles. The van der Waals surface area contributed by atoms with E-state index in [0.717, 1.165) is 26.4 Å². The Balaban J connectivity index is 2.64. The molecule has 2 aromatic rings. The summed E-state index contributed by atoms with van der Waals surface area (Å²) in [6.45, 7) is 4.18. The van der Waals surface area contributed by atoms with Gasteiger partial charge in [0.15, 0.2) is 0 Å². The molecule has 2 nitrogen and oxygen atoms in total. The molecule has 0 aliphatic carbocycles. The molecule has 0 fully saturated rings. The fraction of sp³-hybridized carbons (Fsp3) is 0.294. The van der Waals surface area contributed by atoms with Crippen LogP contribution >= 0.6 is 27.5 Å². The van der Waals surface area contributed by atoms with Gasteiger partial charge in [-0.05, 0) is 61.9 Å². The van der Waals surface area contributed by atoms with Gasteiger partial charge in [-0.2, -0.15) is 0 Å². The highest BCUT2D eigenvalue weighted by molar-refractivity contribution is 9.10. The third-order valence-electron chi connectivity index (χ3n) is 3.56. The van der Waals surface area contributed by atoms with Crippen LogP contribution in [0.25, 0.3) is 0 Å². The molecule has 0 amide bonds. The molecule has 0 heterocycles. The van der Waals surface area contributed by atoms with Crippen molar-refractivity contribution in [3.63, 3.8) is 0 Å². The number of nitrogens with one attached hydrogen (secondary N) is 1. The molecule has 0 spiro atoms. The van der Waals surface area contributed by atoms with Crippen molar-refractivity contribution >= 4 is 27.5 Å². The van der Waals surface area contributed by atoms with E-state index in [0.29, 0.717) is 0 Å². The zero-order valence-electron chi connectivity index (χ0n) is 12.6. The van der Waals surface area contributed by atoms with E-state index in [1.165, 1.54) is 11.1 Å². The Morgan fingerprint density at radius 2 is 1.90 bits per heavy atom. The Bertz CT molecular complexity index is 657. The van der Waals surface area contributed by atoms with Crippen LogP contribution in [0.5, 0.6) is 5.75 Å². The molecule has 112 valence electrons. The highest BCUT2D eigenvalue weighted by atomic mass is 79.9. The van der Waals surface area contributed by atoms with Crippen LogP contribution in [-0.4, -0.2) is 14.2 Å². The summed E-state index contributed by atoms with van der Waals surface area (Å²) in [7, 11) is 3.65. The van der Waals surface area contributed by atoms with Gasteiger partial charge in [0.05, 0.1) is 13.2 Å². The number of hydrogen-bond donors (Lipinski definition) is 1. The lowest BCUT2D eigenvalue weighted by atomic mass is 9.93. The molecule has 21 heavy (non-hydrogen) atoms. The molecular formula is C17H19BrClNO. The Morgan fingerprint density at radius 1 is 1.19 bits per heavy atom. The summed E-state index contributed by atoms with van der Waals surface area (Å²) in [5.74, 6) is 0.888. The fourth-order valence-electron chi connectivity index (χ4n) is 2.67. The second kappa shape index (κ2) is 6.82. The van der Waals surface area contributed by atoms with E-state index < -0.39 is 0 Å². The lowest BCUT2D eigenvalue weighted by molar-refractivity contribution is 0.404. The molecule has 0 aromatic heterocycles. The highest BCUT2D eigenvalue weighted by Crippen LogP contribution is 2.37. The SMILES string of the molecule is CNC(c1cc(Cl)ccc1Br)c1c(C)cc(C)cc1OC. The lowest BCUT2D eigenvalue weighted by Crippen LogP contribution is -2.20. The van der Waals surface area contributed by atoms with Gasteiger partial charge in [-0.15, -0.1) is 0 Å². The number of benzene rings is 2. The highest BCUT2D eigenvalue weighted by Gasteiger charge is 2.21. The Hall–Kier alpha value is -1.03. The minimum absolute atomic E-state index is 0.00799. The zero-order valence-corrected chi connectivity index (χ0v) is 15.0. The summed E-state index contributed by atoms with van der Waals surface area (Å²) in [5, 5.41) is 4.09. The first-order valence-electron chi connectivity index (χ1n) is 6.75. The minimum atomic E-state index is 0.00799. The summed E-state index contributed by atoms with van der Waals surface area (Å²) in [6, 6.07) is 10.1. The molecule has 0 saturated heterocycles. The van der Waals surface area contributed by atoms with E-state index in [4.69, 9.17) is 16.3 Å².